The monoisotopic (exact) mass is 232 g/mol. The highest BCUT2D eigenvalue weighted by molar-refractivity contribution is 5.74. The van der Waals surface area contributed by atoms with Gasteiger partial charge in [-0.3, -0.25) is 0 Å². The van der Waals surface area contributed by atoms with Crippen molar-refractivity contribution in [1.82, 2.24) is 9.80 Å². The molecule has 1 aliphatic carbocycles. The maximum Gasteiger partial charge on any atom is 0.320 e. The molecule has 1 aromatic carbocycles. The Morgan fingerprint density at radius 1 is 1.29 bits per heavy atom. The second kappa shape index (κ2) is 5.21. The number of carbonyl (C=O) groups is 1. The Kier molecular flexibility index (Phi) is 3.67. The number of benzene rings is 1. The van der Waals surface area contributed by atoms with Crippen molar-refractivity contribution >= 4 is 6.03 Å². The van der Waals surface area contributed by atoms with Gasteiger partial charge in [-0.25, -0.2) is 4.79 Å². The minimum atomic E-state index is 0.152. The summed E-state index contributed by atoms with van der Waals surface area (Å²) in [6.07, 6.45) is 2.30. The first-order valence-electron chi connectivity index (χ1n) is 6.28. The third kappa shape index (κ3) is 2.99. The summed E-state index contributed by atoms with van der Waals surface area (Å²) < 4.78 is 0. The smallest absolute Gasteiger partial charge is 0.320 e. The van der Waals surface area contributed by atoms with Gasteiger partial charge in [0.1, 0.15) is 0 Å². The van der Waals surface area contributed by atoms with Gasteiger partial charge in [0, 0.05) is 26.2 Å². The van der Waals surface area contributed by atoms with E-state index in [0.29, 0.717) is 6.04 Å². The summed E-state index contributed by atoms with van der Waals surface area (Å²) in [6.45, 7) is 3.50. The Hall–Kier alpha value is -1.51. The van der Waals surface area contributed by atoms with Crippen LogP contribution >= 0.6 is 0 Å². The predicted molar refractivity (Wildman–Crippen MR) is 68.7 cm³/mol. The van der Waals surface area contributed by atoms with Gasteiger partial charge in [-0.05, 0) is 25.3 Å². The SMILES string of the molecule is CCN(C)C(=O)N(Cc1ccccc1)C1CC1. The van der Waals surface area contributed by atoms with Crippen LogP contribution in [0.1, 0.15) is 25.3 Å². The molecule has 0 aromatic heterocycles. The van der Waals surface area contributed by atoms with Gasteiger partial charge in [-0.1, -0.05) is 30.3 Å². The number of hydrogen-bond acceptors (Lipinski definition) is 1. The Labute approximate surface area is 103 Å². The lowest BCUT2D eigenvalue weighted by atomic mass is 10.2. The van der Waals surface area contributed by atoms with E-state index in [2.05, 4.69) is 12.1 Å². The van der Waals surface area contributed by atoms with E-state index in [-0.39, 0.29) is 6.03 Å². The van der Waals surface area contributed by atoms with Crippen molar-refractivity contribution < 1.29 is 4.79 Å². The number of nitrogens with zero attached hydrogens (tertiary/aromatic N) is 2. The summed E-state index contributed by atoms with van der Waals surface area (Å²) in [5, 5.41) is 0. The molecule has 0 radical (unpaired) electrons. The molecule has 3 nitrogen and oxygen atoms in total. The predicted octanol–water partition coefficient (Wildman–Crippen LogP) is 2.72. The summed E-state index contributed by atoms with van der Waals surface area (Å²) in [5.74, 6) is 0. The molecule has 0 aliphatic heterocycles. The molecule has 17 heavy (non-hydrogen) atoms. The summed E-state index contributed by atoms with van der Waals surface area (Å²) in [5.41, 5.74) is 1.21. The highest BCUT2D eigenvalue weighted by atomic mass is 16.2. The summed E-state index contributed by atoms with van der Waals surface area (Å²) in [6, 6.07) is 10.8. The van der Waals surface area contributed by atoms with Gasteiger partial charge >= 0.3 is 6.03 Å². The molecular weight excluding hydrogens is 212 g/mol. The van der Waals surface area contributed by atoms with Crippen LogP contribution in [-0.4, -0.2) is 35.5 Å². The van der Waals surface area contributed by atoms with Gasteiger partial charge < -0.3 is 9.80 Å². The van der Waals surface area contributed by atoms with E-state index in [4.69, 9.17) is 0 Å². The van der Waals surface area contributed by atoms with Crippen molar-refractivity contribution in [1.29, 1.82) is 0 Å². The molecule has 3 heteroatoms. The van der Waals surface area contributed by atoms with Crippen LogP contribution in [0.15, 0.2) is 30.3 Å². The molecule has 0 heterocycles. The lowest BCUT2D eigenvalue weighted by Gasteiger charge is -2.27. The standard InChI is InChI=1S/C14H20N2O/c1-3-15(2)14(17)16(13-9-10-13)11-12-7-5-4-6-8-12/h4-8,13H,3,9-11H2,1-2H3. The summed E-state index contributed by atoms with van der Waals surface area (Å²) in [7, 11) is 1.86. The van der Waals surface area contributed by atoms with Crippen molar-refractivity contribution in [2.45, 2.75) is 32.4 Å². The molecule has 1 aromatic rings. The van der Waals surface area contributed by atoms with E-state index in [1.807, 2.05) is 37.1 Å². The molecule has 1 fully saturated rings. The van der Waals surface area contributed by atoms with Crippen molar-refractivity contribution in [3.63, 3.8) is 0 Å². The highest BCUT2D eigenvalue weighted by Gasteiger charge is 2.33. The van der Waals surface area contributed by atoms with Crippen LogP contribution in [0.2, 0.25) is 0 Å². The zero-order valence-corrected chi connectivity index (χ0v) is 10.6. The number of rotatable bonds is 4. The third-order valence-electron chi connectivity index (χ3n) is 3.23. The Balaban J connectivity index is 2.05. The van der Waals surface area contributed by atoms with Crippen LogP contribution in [0.25, 0.3) is 0 Å². The first kappa shape index (κ1) is 12.0. The van der Waals surface area contributed by atoms with E-state index >= 15 is 0 Å². The molecule has 2 rings (SSSR count). The molecule has 2 amide bonds. The second-order valence-electron chi connectivity index (χ2n) is 4.64. The second-order valence-corrected chi connectivity index (χ2v) is 4.64. The van der Waals surface area contributed by atoms with Gasteiger partial charge in [-0.15, -0.1) is 0 Å². The highest BCUT2D eigenvalue weighted by Crippen LogP contribution is 2.29. The molecule has 0 unspecified atom stereocenters. The van der Waals surface area contributed by atoms with Crippen LogP contribution in [-0.2, 0) is 6.54 Å². The van der Waals surface area contributed by atoms with E-state index in [1.165, 1.54) is 5.56 Å². The van der Waals surface area contributed by atoms with Gasteiger partial charge in [-0.2, -0.15) is 0 Å². The quantitative estimate of drug-likeness (QED) is 0.783. The fraction of sp³-hybridized carbons (Fsp3) is 0.500. The largest absolute Gasteiger partial charge is 0.328 e. The van der Waals surface area contributed by atoms with Gasteiger partial charge in [0.05, 0.1) is 0 Å². The fourth-order valence-corrected chi connectivity index (χ4v) is 1.87. The van der Waals surface area contributed by atoms with E-state index in [0.717, 1.165) is 25.9 Å². The first-order valence-corrected chi connectivity index (χ1v) is 6.28. The van der Waals surface area contributed by atoms with Gasteiger partial charge in [0.2, 0.25) is 0 Å². The molecule has 0 N–H and O–H groups in total. The van der Waals surface area contributed by atoms with Crippen molar-refractivity contribution in [3.05, 3.63) is 35.9 Å². The number of amides is 2. The first-order chi connectivity index (χ1) is 8.22. The third-order valence-corrected chi connectivity index (χ3v) is 3.23. The number of hydrogen-bond donors (Lipinski definition) is 0. The average Bonchev–Trinajstić information content (AvgIpc) is 3.19. The van der Waals surface area contributed by atoms with Crippen LogP contribution in [0.4, 0.5) is 4.79 Å². The maximum atomic E-state index is 12.2. The minimum Gasteiger partial charge on any atom is -0.328 e. The van der Waals surface area contributed by atoms with Crippen molar-refractivity contribution in [3.8, 4) is 0 Å². The zero-order valence-electron chi connectivity index (χ0n) is 10.6. The van der Waals surface area contributed by atoms with Crippen LogP contribution < -0.4 is 0 Å². The van der Waals surface area contributed by atoms with Gasteiger partial charge in [0.15, 0.2) is 0 Å². The number of urea groups is 1. The molecule has 0 spiro atoms. The van der Waals surface area contributed by atoms with Crippen LogP contribution in [0.5, 0.6) is 0 Å². The lowest BCUT2D eigenvalue weighted by Crippen LogP contribution is -2.41. The maximum absolute atomic E-state index is 12.2. The zero-order chi connectivity index (χ0) is 12.3. The normalized spacial score (nSPS) is 14.5. The topological polar surface area (TPSA) is 23.6 Å². The van der Waals surface area contributed by atoms with Crippen LogP contribution in [0.3, 0.4) is 0 Å². The summed E-state index contributed by atoms with van der Waals surface area (Å²) in [4.78, 5) is 16.0. The Morgan fingerprint density at radius 2 is 1.94 bits per heavy atom. The number of carbonyl (C=O) groups excluding carboxylic acids is 1. The van der Waals surface area contributed by atoms with E-state index in [9.17, 15) is 4.79 Å². The van der Waals surface area contributed by atoms with Crippen molar-refractivity contribution in [2.24, 2.45) is 0 Å². The molecular formula is C14H20N2O. The fourth-order valence-electron chi connectivity index (χ4n) is 1.87. The Bertz CT molecular complexity index is 373. The van der Waals surface area contributed by atoms with Crippen molar-refractivity contribution in [2.75, 3.05) is 13.6 Å². The Morgan fingerprint density at radius 3 is 2.47 bits per heavy atom. The average molecular weight is 232 g/mol. The molecule has 0 saturated heterocycles. The van der Waals surface area contributed by atoms with E-state index < -0.39 is 0 Å². The molecule has 1 saturated carbocycles. The molecule has 1 aliphatic rings. The minimum absolute atomic E-state index is 0.152. The van der Waals surface area contributed by atoms with E-state index in [1.54, 1.807) is 4.90 Å². The molecule has 0 atom stereocenters. The summed E-state index contributed by atoms with van der Waals surface area (Å²) >= 11 is 0. The molecule has 92 valence electrons. The molecule has 0 bridgehead atoms. The van der Waals surface area contributed by atoms with Gasteiger partial charge in [0.25, 0.3) is 0 Å². The van der Waals surface area contributed by atoms with Crippen LogP contribution in [0, 0.1) is 0 Å². The lowest BCUT2D eigenvalue weighted by molar-refractivity contribution is 0.159.